The molecule has 0 unspecified atom stereocenters. The van der Waals surface area contributed by atoms with Crippen LogP contribution in [0.2, 0.25) is 0 Å². The molecule has 0 bridgehead atoms. The van der Waals surface area contributed by atoms with Gasteiger partial charge in [0.05, 0.1) is 4.88 Å². The van der Waals surface area contributed by atoms with Crippen LogP contribution < -0.4 is 10.6 Å². The number of rotatable bonds is 7. The maximum absolute atomic E-state index is 11.9. The molecule has 2 heterocycles. The van der Waals surface area contributed by atoms with Crippen LogP contribution in [-0.4, -0.2) is 36.1 Å². The Kier molecular flexibility index (Phi) is 6.18. The average molecular weight is 399 g/mol. The van der Waals surface area contributed by atoms with Gasteiger partial charge in [0.25, 0.3) is 11.8 Å². The van der Waals surface area contributed by atoms with Gasteiger partial charge in [0, 0.05) is 11.6 Å². The quantitative estimate of drug-likeness (QED) is 0.591. The highest BCUT2D eigenvalue weighted by Gasteiger charge is 2.13. The molecule has 0 fully saturated rings. The summed E-state index contributed by atoms with van der Waals surface area (Å²) in [6, 6.07) is 12.6. The largest absolute Gasteiger partial charge is 0.454 e. The lowest BCUT2D eigenvalue weighted by Gasteiger charge is -2.05. The van der Waals surface area contributed by atoms with Gasteiger partial charge in [0.2, 0.25) is 5.88 Å². The number of ether oxygens (including phenoxy) is 1. The predicted octanol–water partition coefficient (Wildman–Crippen LogP) is 2.62. The van der Waals surface area contributed by atoms with E-state index < -0.39 is 18.5 Å². The monoisotopic (exact) mass is 399 g/mol. The van der Waals surface area contributed by atoms with Crippen molar-refractivity contribution in [1.29, 1.82) is 0 Å². The van der Waals surface area contributed by atoms with E-state index in [9.17, 15) is 14.4 Å². The molecule has 0 saturated carbocycles. The number of aromatic nitrogens is 1. The standard InChI is InChI=1S/C19H17N3O5S/c1-12-4-6-13(7-5-12)14-9-17(27-22-14)21-16(23)11-26-18(24)10-20-19(25)15-3-2-8-28-15/h2-9H,10-11H2,1H3,(H,20,25)(H,21,23). The van der Waals surface area contributed by atoms with Crippen LogP contribution in [0.15, 0.2) is 52.4 Å². The molecule has 8 nitrogen and oxygen atoms in total. The van der Waals surface area contributed by atoms with Crippen molar-refractivity contribution in [2.75, 3.05) is 18.5 Å². The zero-order valence-corrected chi connectivity index (χ0v) is 15.7. The zero-order valence-electron chi connectivity index (χ0n) is 14.9. The summed E-state index contributed by atoms with van der Waals surface area (Å²) in [5.41, 5.74) is 2.54. The van der Waals surface area contributed by atoms with Gasteiger partial charge in [-0.1, -0.05) is 41.1 Å². The third kappa shape index (κ3) is 5.27. The normalized spacial score (nSPS) is 10.3. The number of esters is 1. The minimum atomic E-state index is -0.724. The highest BCUT2D eigenvalue weighted by molar-refractivity contribution is 7.12. The second-order valence-electron chi connectivity index (χ2n) is 5.81. The third-order valence-corrected chi connectivity index (χ3v) is 4.49. The first kappa shape index (κ1) is 19.3. The molecule has 0 aliphatic heterocycles. The molecule has 1 aromatic carbocycles. The van der Waals surface area contributed by atoms with Crippen LogP contribution in [0.3, 0.4) is 0 Å². The summed E-state index contributed by atoms with van der Waals surface area (Å²) in [5.74, 6) is -1.54. The lowest BCUT2D eigenvalue weighted by Crippen LogP contribution is -2.31. The molecule has 9 heteroatoms. The summed E-state index contributed by atoms with van der Waals surface area (Å²) in [6.07, 6.45) is 0. The molecule has 144 valence electrons. The van der Waals surface area contributed by atoms with Gasteiger partial charge >= 0.3 is 5.97 Å². The molecule has 0 radical (unpaired) electrons. The number of benzene rings is 1. The molecule has 3 aromatic rings. The number of hydrogen-bond donors (Lipinski definition) is 2. The lowest BCUT2D eigenvalue weighted by molar-refractivity contribution is -0.146. The van der Waals surface area contributed by atoms with Crippen LogP contribution in [0, 0.1) is 6.92 Å². The topological polar surface area (TPSA) is 111 Å². The van der Waals surface area contributed by atoms with Crippen LogP contribution in [0.5, 0.6) is 0 Å². The van der Waals surface area contributed by atoms with Crippen molar-refractivity contribution in [2.45, 2.75) is 6.92 Å². The van der Waals surface area contributed by atoms with Gasteiger partial charge < -0.3 is 14.6 Å². The first-order chi connectivity index (χ1) is 13.5. The van der Waals surface area contributed by atoms with Crippen LogP contribution in [0.25, 0.3) is 11.3 Å². The molecule has 0 aliphatic rings. The smallest absolute Gasteiger partial charge is 0.325 e. The first-order valence-corrected chi connectivity index (χ1v) is 9.20. The van der Waals surface area contributed by atoms with E-state index in [2.05, 4.69) is 15.8 Å². The summed E-state index contributed by atoms with van der Waals surface area (Å²) in [7, 11) is 0. The van der Waals surface area contributed by atoms with Crippen molar-refractivity contribution < 1.29 is 23.6 Å². The van der Waals surface area contributed by atoms with E-state index in [0.29, 0.717) is 10.6 Å². The fourth-order valence-corrected chi connectivity index (χ4v) is 2.85. The molecule has 0 saturated heterocycles. The van der Waals surface area contributed by atoms with Gasteiger partial charge in [-0.2, -0.15) is 0 Å². The number of nitrogens with zero attached hydrogens (tertiary/aromatic N) is 1. The average Bonchev–Trinajstić information content (AvgIpc) is 3.37. The van der Waals surface area contributed by atoms with E-state index in [-0.39, 0.29) is 18.3 Å². The van der Waals surface area contributed by atoms with Crippen LogP contribution >= 0.6 is 11.3 Å². The molecule has 2 N–H and O–H groups in total. The van der Waals surface area contributed by atoms with Crippen molar-refractivity contribution >= 4 is 35.0 Å². The number of carbonyl (C=O) groups is 3. The second kappa shape index (κ2) is 8.96. The molecular formula is C19H17N3O5S. The SMILES string of the molecule is Cc1ccc(-c2cc(NC(=O)COC(=O)CNC(=O)c3cccs3)on2)cc1. The molecule has 28 heavy (non-hydrogen) atoms. The summed E-state index contributed by atoms with van der Waals surface area (Å²) in [4.78, 5) is 35.7. The molecule has 0 aliphatic carbocycles. The number of nitrogens with one attached hydrogen (secondary N) is 2. The molecule has 2 aromatic heterocycles. The summed E-state index contributed by atoms with van der Waals surface area (Å²) < 4.78 is 9.89. The number of amides is 2. The van der Waals surface area contributed by atoms with Gasteiger partial charge in [-0.05, 0) is 18.4 Å². The van der Waals surface area contributed by atoms with Crippen molar-refractivity contribution in [3.8, 4) is 11.3 Å². The van der Waals surface area contributed by atoms with Crippen molar-refractivity contribution in [3.63, 3.8) is 0 Å². The maximum atomic E-state index is 11.9. The third-order valence-electron chi connectivity index (χ3n) is 3.62. The Hall–Kier alpha value is -3.46. The van der Waals surface area contributed by atoms with E-state index in [1.54, 1.807) is 23.6 Å². The Morgan fingerprint density at radius 3 is 2.68 bits per heavy atom. The Bertz CT molecular complexity index is 964. The van der Waals surface area contributed by atoms with E-state index in [0.717, 1.165) is 11.1 Å². The molecule has 2 amide bonds. The lowest BCUT2D eigenvalue weighted by atomic mass is 10.1. The van der Waals surface area contributed by atoms with Gasteiger partial charge in [-0.3, -0.25) is 19.7 Å². The predicted molar refractivity (Wildman–Crippen MR) is 103 cm³/mol. The van der Waals surface area contributed by atoms with Crippen LogP contribution in [-0.2, 0) is 14.3 Å². The fourth-order valence-electron chi connectivity index (χ4n) is 2.21. The van der Waals surface area contributed by atoms with Crippen molar-refractivity contribution in [1.82, 2.24) is 10.5 Å². The molecule has 0 atom stereocenters. The number of thiophene rings is 1. The Morgan fingerprint density at radius 1 is 1.18 bits per heavy atom. The van der Waals surface area contributed by atoms with E-state index in [1.807, 2.05) is 31.2 Å². The highest BCUT2D eigenvalue weighted by Crippen LogP contribution is 2.21. The van der Waals surface area contributed by atoms with Crippen LogP contribution in [0.1, 0.15) is 15.2 Å². The minimum Gasteiger partial charge on any atom is -0.454 e. The van der Waals surface area contributed by atoms with Gasteiger partial charge in [-0.25, -0.2) is 0 Å². The first-order valence-electron chi connectivity index (χ1n) is 8.32. The number of aryl methyl sites for hydroxylation is 1. The van der Waals surface area contributed by atoms with Crippen molar-refractivity contribution in [2.24, 2.45) is 0 Å². The number of anilines is 1. The zero-order chi connectivity index (χ0) is 19.9. The summed E-state index contributed by atoms with van der Waals surface area (Å²) >= 11 is 1.26. The van der Waals surface area contributed by atoms with Gasteiger partial charge in [0.15, 0.2) is 6.61 Å². The Morgan fingerprint density at radius 2 is 1.96 bits per heavy atom. The molecule has 3 rings (SSSR count). The van der Waals surface area contributed by atoms with E-state index >= 15 is 0 Å². The van der Waals surface area contributed by atoms with Gasteiger partial charge in [-0.15, -0.1) is 11.3 Å². The minimum absolute atomic E-state index is 0.141. The molecular weight excluding hydrogens is 382 g/mol. The number of carbonyl (C=O) groups excluding carboxylic acids is 3. The van der Waals surface area contributed by atoms with E-state index in [1.165, 1.54) is 11.3 Å². The Balaban J connectivity index is 1.42. The van der Waals surface area contributed by atoms with E-state index in [4.69, 9.17) is 9.26 Å². The van der Waals surface area contributed by atoms with Gasteiger partial charge in [0.1, 0.15) is 12.2 Å². The van der Waals surface area contributed by atoms with Crippen molar-refractivity contribution in [3.05, 3.63) is 58.3 Å². The molecule has 0 spiro atoms. The summed E-state index contributed by atoms with van der Waals surface area (Å²) in [5, 5.41) is 10.5. The Labute approximate surface area is 164 Å². The fraction of sp³-hybridized carbons (Fsp3) is 0.158. The maximum Gasteiger partial charge on any atom is 0.325 e. The number of hydrogen-bond acceptors (Lipinski definition) is 7. The van der Waals surface area contributed by atoms with Crippen LogP contribution in [0.4, 0.5) is 5.88 Å². The highest BCUT2D eigenvalue weighted by atomic mass is 32.1. The summed E-state index contributed by atoms with van der Waals surface area (Å²) in [6.45, 7) is 1.14. The second-order valence-corrected chi connectivity index (χ2v) is 6.76.